The number of oxazole rings is 1. The molecule has 9 rings (SSSR count). The van der Waals surface area contributed by atoms with Crippen molar-refractivity contribution in [3.8, 4) is 17.2 Å². The lowest BCUT2D eigenvalue weighted by Crippen LogP contribution is -2.20. The van der Waals surface area contributed by atoms with Gasteiger partial charge in [0, 0.05) is 77.9 Å². The Kier molecular flexibility index (Phi) is 13.7. The number of rotatable bonds is 5. The summed E-state index contributed by atoms with van der Waals surface area (Å²) in [4.78, 5) is 88.1. The molecule has 0 atom stereocenters. The van der Waals surface area contributed by atoms with E-state index in [-0.39, 0.29) is 74.4 Å². The van der Waals surface area contributed by atoms with Crippen molar-refractivity contribution in [1.29, 1.82) is 0 Å². The first-order chi connectivity index (χ1) is 31.6. The van der Waals surface area contributed by atoms with Crippen LogP contribution in [0.3, 0.4) is 0 Å². The molecule has 22 heteroatoms. The summed E-state index contributed by atoms with van der Waals surface area (Å²) in [5.41, 5.74) is 8.44. The molecule has 9 heterocycles. The number of hydrogen-bond donors (Lipinski definition) is 5. The predicted molar refractivity (Wildman–Crippen MR) is 249 cm³/mol. The average molecular weight is 918 g/mol. The fourth-order valence-corrected chi connectivity index (χ4v) is 6.69. The van der Waals surface area contributed by atoms with Crippen LogP contribution in [0.1, 0.15) is 101 Å². The molecule has 6 N–H and O–H groups in total. The fourth-order valence-electron chi connectivity index (χ4n) is 6.69. The number of pyridine rings is 4. The molecule has 22 nitrogen and oxygen atoms in total. The van der Waals surface area contributed by atoms with Crippen molar-refractivity contribution >= 4 is 45.1 Å². The van der Waals surface area contributed by atoms with Gasteiger partial charge in [-0.1, -0.05) is 55.4 Å². The van der Waals surface area contributed by atoms with E-state index < -0.39 is 22.1 Å². The van der Waals surface area contributed by atoms with Crippen LogP contribution in [0.5, 0.6) is 17.2 Å². The van der Waals surface area contributed by atoms with Gasteiger partial charge in [-0.05, 0) is 47.9 Å². The fraction of sp³-hybridized carbons (Fsp3) is 0.267. The second kappa shape index (κ2) is 19.2. The van der Waals surface area contributed by atoms with Gasteiger partial charge in [-0.25, -0.2) is 24.7 Å². The molecule has 0 saturated carbocycles. The predicted octanol–water partition coefficient (Wildman–Crippen LogP) is 5.31. The maximum absolute atomic E-state index is 12.2. The number of nitrogen functional groups attached to an aromatic ring is 1. The largest absolute Gasteiger partial charge is 0.504 e. The molecule has 0 aliphatic carbocycles. The molecule has 0 amide bonds. The zero-order valence-corrected chi connectivity index (χ0v) is 37.5. The van der Waals surface area contributed by atoms with E-state index >= 15 is 0 Å². The number of nitrogens with zero attached hydrogens (tertiary/aromatic N) is 9. The van der Waals surface area contributed by atoms with Gasteiger partial charge in [0.1, 0.15) is 0 Å². The van der Waals surface area contributed by atoms with Gasteiger partial charge in [-0.2, -0.15) is 0 Å². The molecule has 0 bridgehead atoms. The van der Waals surface area contributed by atoms with Crippen molar-refractivity contribution in [2.75, 3.05) is 5.73 Å². The zero-order valence-electron chi connectivity index (χ0n) is 37.5. The smallest absolute Gasteiger partial charge is 0.417 e. The van der Waals surface area contributed by atoms with Gasteiger partial charge in [-0.15, -0.1) is 0 Å². The molecule has 0 aromatic carbocycles. The SMILES string of the molecule is CC(C)c1cnc2c(O)c(N)ccn2c1=O.CC(C)c1cnc2c(O)c([N+](=O)[O-])ccn2c1=O.CC(C)c1cnc2c(O)cccn2c1=O.CC(C)c1cnc2c3oc(=O)[nH]c3ccn2c1=O. The number of hydrogen-bond acceptors (Lipinski definition) is 16. The number of nitro groups is 1. The van der Waals surface area contributed by atoms with Gasteiger partial charge in [-0.3, -0.25) is 51.9 Å². The lowest BCUT2D eigenvalue weighted by atomic mass is 10.1. The highest BCUT2D eigenvalue weighted by Gasteiger charge is 2.20. The summed E-state index contributed by atoms with van der Waals surface area (Å²) < 4.78 is 10.2. The number of nitrogens with two attached hydrogens (primary N) is 1. The second-order valence-electron chi connectivity index (χ2n) is 16.4. The molecule has 9 aromatic heterocycles. The third-order valence-electron chi connectivity index (χ3n) is 10.5. The number of aromatic nitrogens is 9. The first kappa shape index (κ1) is 47.8. The summed E-state index contributed by atoms with van der Waals surface area (Å²) in [6.07, 6.45) is 11.9. The maximum atomic E-state index is 12.2. The van der Waals surface area contributed by atoms with E-state index in [1.54, 1.807) is 24.5 Å². The molecular weight excluding hydrogens is 871 g/mol. The summed E-state index contributed by atoms with van der Waals surface area (Å²) in [7, 11) is 0. The second-order valence-corrected chi connectivity index (χ2v) is 16.4. The van der Waals surface area contributed by atoms with E-state index in [1.807, 2.05) is 55.4 Å². The van der Waals surface area contributed by atoms with Crippen LogP contribution >= 0.6 is 0 Å². The number of aromatic hydroxyl groups is 3. The molecule has 67 heavy (non-hydrogen) atoms. The van der Waals surface area contributed by atoms with Gasteiger partial charge in [0.2, 0.25) is 5.75 Å². The van der Waals surface area contributed by atoms with Gasteiger partial charge < -0.3 is 25.5 Å². The van der Waals surface area contributed by atoms with Crippen molar-refractivity contribution < 1.29 is 24.7 Å². The van der Waals surface area contributed by atoms with Crippen LogP contribution < -0.4 is 33.7 Å². The molecule has 0 aliphatic heterocycles. The number of nitrogens with one attached hydrogen (secondary N) is 1. The number of fused-ring (bicyclic) bond motifs is 6. The summed E-state index contributed by atoms with van der Waals surface area (Å²) in [5, 5.41) is 39.5. The Morgan fingerprint density at radius 2 is 0.985 bits per heavy atom. The number of H-pyrrole nitrogens is 1. The van der Waals surface area contributed by atoms with Crippen LogP contribution in [-0.4, -0.2) is 62.8 Å². The Balaban J connectivity index is 0.000000148. The molecule has 0 saturated heterocycles. The van der Waals surface area contributed by atoms with E-state index in [2.05, 4.69) is 24.9 Å². The molecule has 0 unspecified atom stereocenters. The van der Waals surface area contributed by atoms with E-state index in [9.17, 15) is 49.4 Å². The van der Waals surface area contributed by atoms with Crippen LogP contribution in [-0.2, 0) is 0 Å². The van der Waals surface area contributed by atoms with E-state index in [0.717, 1.165) is 10.5 Å². The summed E-state index contributed by atoms with van der Waals surface area (Å²) in [6, 6.07) is 7.32. The Hall–Kier alpha value is -8.69. The highest BCUT2D eigenvalue weighted by Crippen LogP contribution is 2.28. The Bertz CT molecular complexity index is 3660. The number of anilines is 1. The minimum absolute atomic E-state index is 0.0146. The molecule has 0 fully saturated rings. The third-order valence-corrected chi connectivity index (χ3v) is 10.5. The number of aromatic amines is 1. The maximum Gasteiger partial charge on any atom is 0.417 e. The summed E-state index contributed by atoms with van der Waals surface area (Å²) in [5.74, 6) is -0.995. The average Bonchev–Trinajstić information content (AvgIpc) is 3.67. The van der Waals surface area contributed by atoms with Crippen LogP contribution in [0, 0.1) is 10.1 Å². The zero-order chi connectivity index (χ0) is 49.2. The lowest BCUT2D eigenvalue weighted by Gasteiger charge is -2.08. The minimum Gasteiger partial charge on any atom is -0.504 e. The standard InChI is InChI=1S/C12H11N3O3.C11H11N3O4.C11H13N3O2.C11H12N2O2/c1-6(2)7-5-13-10-9-8(14-12(17)18-9)3-4-15(10)11(7)16;1-6(2)7-5-12-10-9(15)8(14(17)18)3-4-13(10)11(7)16;1-6(2)7-5-13-10-9(15)8(12)3-4-14(10)11(7)16;1-7(2)8-6-12-10-9(14)4-3-5-13(10)11(8)15/h3-6H,1-2H3,(H,14,17);3-6,15H,1-2H3;3-6,15H,12H2,1-2H3;3-7,14H,1-2H3. The van der Waals surface area contributed by atoms with E-state index in [0.29, 0.717) is 44.6 Å². The molecule has 348 valence electrons. The van der Waals surface area contributed by atoms with Crippen LogP contribution in [0.25, 0.3) is 33.7 Å². The van der Waals surface area contributed by atoms with Crippen LogP contribution in [0.15, 0.2) is 108 Å². The normalized spacial score (nSPS) is 11.3. The monoisotopic (exact) mass is 917 g/mol. The molecule has 0 aliphatic rings. The van der Waals surface area contributed by atoms with Crippen LogP contribution in [0.2, 0.25) is 0 Å². The van der Waals surface area contributed by atoms with Crippen molar-refractivity contribution in [2.24, 2.45) is 0 Å². The highest BCUT2D eigenvalue weighted by molar-refractivity contribution is 5.85. The Morgan fingerprint density at radius 3 is 1.46 bits per heavy atom. The minimum atomic E-state index is -0.724. The van der Waals surface area contributed by atoms with E-state index in [1.165, 1.54) is 62.5 Å². The summed E-state index contributed by atoms with van der Waals surface area (Å²) >= 11 is 0. The lowest BCUT2D eigenvalue weighted by molar-refractivity contribution is -0.385. The van der Waals surface area contributed by atoms with Gasteiger partial charge in [0.05, 0.1) is 16.1 Å². The molecule has 0 radical (unpaired) electrons. The topological polar surface area (TPSA) is 313 Å². The van der Waals surface area contributed by atoms with Crippen molar-refractivity contribution in [2.45, 2.75) is 79.1 Å². The van der Waals surface area contributed by atoms with Gasteiger partial charge in [0.15, 0.2) is 39.7 Å². The van der Waals surface area contributed by atoms with Crippen molar-refractivity contribution in [3.63, 3.8) is 0 Å². The molecule has 9 aromatic rings. The van der Waals surface area contributed by atoms with Gasteiger partial charge in [0.25, 0.3) is 22.2 Å². The third kappa shape index (κ3) is 9.44. The quantitative estimate of drug-likeness (QED) is 0.108. The molecular formula is C45H47N11O11. The first-order valence-corrected chi connectivity index (χ1v) is 20.7. The highest BCUT2D eigenvalue weighted by atomic mass is 16.6. The Labute approximate surface area is 377 Å². The molecule has 0 spiro atoms. The Morgan fingerprint density at radius 1 is 0.582 bits per heavy atom. The van der Waals surface area contributed by atoms with Crippen molar-refractivity contribution in [3.05, 3.63) is 164 Å². The van der Waals surface area contributed by atoms with Gasteiger partial charge >= 0.3 is 11.4 Å². The van der Waals surface area contributed by atoms with Crippen molar-refractivity contribution in [1.82, 2.24) is 42.5 Å². The van der Waals surface area contributed by atoms with Crippen LogP contribution in [0.4, 0.5) is 11.4 Å². The summed E-state index contributed by atoms with van der Waals surface area (Å²) in [6.45, 7) is 15.3. The first-order valence-electron chi connectivity index (χ1n) is 20.7. The van der Waals surface area contributed by atoms with E-state index in [4.69, 9.17) is 10.2 Å².